The lowest BCUT2D eigenvalue weighted by Crippen LogP contribution is -1.90. The van der Waals surface area contributed by atoms with Crippen molar-refractivity contribution >= 4 is 11.9 Å². The van der Waals surface area contributed by atoms with Crippen molar-refractivity contribution in [1.82, 2.24) is 4.98 Å². The molecule has 2 rings (SSSR count). The molecule has 86 valence electrons. The van der Waals surface area contributed by atoms with Gasteiger partial charge in [-0.2, -0.15) is 0 Å². The van der Waals surface area contributed by atoms with Crippen molar-refractivity contribution in [2.75, 3.05) is 7.11 Å². The van der Waals surface area contributed by atoms with E-state index in [0.29, 0.717) is 0 Å². The minimum Gasteiger partial charge on any atom is -0.494 e. The van der Waals surface area contributed by atoms with E-state index in [2.05, 4.69) is 9.98 Å². The molecule has 0 saturated carbocycles. The number of aryl methyl sites for hydroxylation is 1. The van der Waals surface area contributed by atoms with Crippen molar-refractivity contribution in [3.63, 3.8) is 0 Å². The second-order valence-corrected chi connectivity index (χ2v) is 3.64. The maximum Gasteiger partial charge on any atom is 0.144 e. The predicted octanol–water partition coefficient (Wildman–Crippen LogP) is 3.15. The molecule has 0 N–H and O–H groups in total. The van der Waals surface area contributed by atoms with Gasteiger partial charge in [-0.1, -0.05) is 18.2 Å². The fourth-order valence-corrected chi connectivity index (χ4v) is 1.50. The zero-order chi connectivity index (χ0) is 12.1. The molecule has 0 bridgehead atoms. The molecule has 3 nitrogen and oxygen atoms in total. The summed E-state index contributed by atoms with van der Waals surface area (Å²) in [6.45, 7) is 2.01. The molecule has 0 amide bonds. The quantitative estimate of drug-likeness (QED) is 0.753. The predicted molar refractivity (Wildman–Crippen MR) is 69.2 cm³/mol. The second kappa shape index (κ2) is 5.25. The highest BCUT2D eigenvalue weighted by molar-refractivity contribution is 5.82. The number of hydrogen-bond donors (Lipinski definition) is 0. The van der Waals surface area contributed by atoms with Gasteiger partial charge in [-0.25, -0.2) is 0 Å². The van der Waals surface area contributed by atoms with Crippen LogP contribution in [-0.4, -0.2) is 18.3 Å². The normalized spacial score (nSPS) is 10.7. The van der Waals surface area contributed by atoms with Crippen LogP contribution < -0.4 is 4.74 Å². The Kier molecular flexibility index (Phi) is 3.50. The highest BCUT2D eigenvalue weighted by Crippen LogP contribution is 2.25. The topological polar surface area (TPSA) is 34.5 Å². The van der Waals surface area contributed by atoms with Gasteiger partial charge in [0.25, 0.3) is 0 Å². The van der Waals surface area contributed by atoms with Crippen LogP contribution >= 0.6 is 0 Å². The summed E-state index contributed by atoms with van der Waals surface area (Å²) in [6, 6.07) is 11.6. The van der Waals surface area contributed by atoms with Gasteiger partial charge in [-0.3, -0.25) is 9.98 Å². The fraction of sp³-hybridized carbons (Fsp3) is 0.143. The molecule has 0 unspecified atom stereocenters. The molecule has 0 fully saturated rings. The molecule has 0 spiro atoms. The lowest BCUT2D eigenvalue weighted by atomic mass is 10.2. The van der Waals surface area contributed by atoms with Gasteiger partial charge in [0.15, 0.2) is 0 Å². The van der Waals surface area contributed by atoms with Crippen LogP contribution in [0, 0.1) is 6.92 Å². The number of para-hydroxylation sites is 2. The van der Waals surface area contributed by atoms with E-state index in [4.69, 9.17) is 4.74 Å². The van der Waals surface area contributed by atoms with E-state index in [9.17, 15) is 0 Å². The Morgan fingerprint density at radius 2 is 2.00 bits per heavy atom. The van der Waals surface area contributed by atoms with Crippen LogP contribution in [0.3, 0.4) is 0 Å². The van der Waals surface area contributed by atoms with Crippen LogP contribution in [0.25, 0.3) is 0 Å². The van der Waals surface area contributed by atoms with Crippen LogP contribution in [0.1, 0.15) is 11.3 Å². The SMILES string of the molecule is COc1ccccc1N=Cc1ncccc1C. The first-order valence-corrected chi connectivity index (χ1v) is 5.40. The summed E-state index contributed by atoms with van der Waals surface area (Å²) in [6.07, 6.45) is 3.52. The van der Waals surface area contributed by atoms with Crippen molar-refractivity contribution in [3.05, 3.63) is 53.9 Å². The average molecular weight is 226 g/mol. The smallest absolute Gasteiger partial charge is 0.144 e. The lowest BCUT2D eigenvalue weighted by Gasteiger charge is -2.03. The molecule has 1 aromatic carbocycles. The van der Waals surface area contributed by atoms with Crippen LogP contribution in [-0.2, 0) is 0 Å². The number of aromatic nitrogens is 1. The second-order valence-electron chi connectivity index (χ2n) is 3.64. The van der Waals surface area contributed by atoms with E-state index in [-0.39, 0.29) is 0 Å². The Hall–Kier alpha value is -2.16. The molecule has 0 aliphatic heterocycles. The Morgan fingerprint density at radius 3 is 2.76 bits per heavy atom. The highest BCUT2D eigenvalue weighted by atomic mass is 16.5. The number of aliphatic imine (C=N–C) groups is 1. The van der Waals surface area contributed by atoms with Gasteiger partial charge in [0.2, 0.25) is 0 Å². The van der Waals surface area contributed by atoms with Gasteiger partial charge in [0.1, 0.15) is 11.4 Å². The fourth-order valence-electron chi connectivity index (χ4n) is 1.50. The third kappa shape index (κ3) is 2.69. The minimum atomic E-state index is 0.761. The van der Waals surface area contributed by atoms with E-state index in [1.807, 2.05) is 43.3 Å². The van der Waals surface area contributed by atoms with E-state index in [1.54, 1.807) is 19.5 Å². The van der Waals surface area contributed by atoms with Crippen molar-refractivity contribution in [1.29, 1.82) is 0 Å². The van der Waals surface area contributed by atoms with Crippen molar-refractivity contribution in [3.8, 4) is 5.75 Å². The molecule has 0 radical (unpaired) electrons. The number of hydrogen-bond acceptors (Lipinski definition) is 3. The van der Waals surface area contributed by atoms with Gasteiger partial charge < -0.3 is 4.74 Å². The molecule has 0 saturated heterocycles. The maximum atomic E-state index is 5.23. The number of benzene rings is 1. The highest BCUT2D eigenvalue weighted by Gasteiger charge is 1.99. The van der Waals surface area contributed by atoms with Gasteiger partial charge in [0, 0.05) is 6.20 Å². The standard InChI is InChI=1S/C14H14N2O/c1-11-6-5-9-15-13(11)10-16-12-7-3-4-8-14(12)17-2/h3-10H,1-2H3. The molecular weight excluding hydrogens is 212 g/mol. The summed E-state index contributed by atoms with van der Waals surface area (Å²) in [5.74, 6) is 0.761. The van der Waals surface area contributed by atoms with Crippen LogP contribution in [0.15, 0.2) is 47.6 Å². The molecule has 0 aliphatic carbocycles. The Bertz CT molecular complexity index is 535. The van der Waals surface area contributed by atoms with Crippen LogP contribution in [0.2, 0.25) is 0 Å². The zero-order valence-corrected chi connectivity index (χ0v) is 9.92. The summed E-state index contributed by atoms with van der Waals surface area (Å²) in [5, 5.41) is 0. The third-order valence-electron chi connectivity index (χ3n) is 2.46. The van der Waals surface area contributed by atoms with E-state index in [1.165, 1.54) is 0 Å². The molecule has 0 aliphatic rings. The summed E-state index contributed by atoms with van der Waals surface area (Å²) in [7, 11) is 1.64. The first-order chi connectivity index (χ1) is 8.31. The molecule has 17 heavy (non-hydrogen) atoms. The zero-order valence-electron chi connectivity index (χ0n) is 9.92. The third-order valence-corrected chi connectivity index (χ3v) is 2.46. The largest absolute Gasteiger partial charge is 0.494 e. The Balaban J connectivity index is 2.29. The molecule has 1 heterocycles. The molecule has 2 aromatic rings. The van der Waals surface area contributed by atoms with Crippen molar-refractivity contribution in [2.24, 2.45) is 4.99 Å². The Morgan fingerprint density at radius 1 is 1.18 bits per heavy atom. The van der Waals surface area contributed by atoms with Gasteiger partial charge in [-0.15, -0.1) is 0 Å². The summed E-state index contributed by atoms with van der Waals surface area (Å²) >= 11 is 0. The van der Waals surface area contributed by atoms with Crippen LogP contribution in [0.5, 0.6) is 5.75 Å². The lowest BCUT2D eigenvalue weighted by molar-refractivity contribution is 0.416. The number of nitrogens with zero attached hydrogens (tertiary/aromatic N) is 2. The molecule has 1 aromatic heterocycles. The van der Waals surface area contributed by atoms with Gasteiger partial charge in [0.05, 0.1) is 19.0 Å². The average Bonchev–Trinajstić information content (AvgIpc) is 2.38. The van der Waals surface area contributed by atoms with E-state index >= 15 is 0 Å². The van der Waals surface area contributed by atoms with E-state index in [0.717, 1.165) is 22.7 Å². The van der Waals surface area contributed by atoms with Crippen LogP contribution in [0.4, 0.5) is 5.69 Å². The molecular formula is C14H14N2O. The van der Waals surface area contributed by atoms with Crippen molar-refractivity contribution in [2.45, 2.75) is 6.92 Å². The number of rotatable bonds is 3. The minimum absolute atomic E-state index is 0.761. The van der Waals surface area contributed by atoms with E-state index < -0.39 is 0 Å². The number of pyridine rings is 1. The first kappa shape index (κ1) is 11.3. The van der Waals surface area contributed by atoms with Gasteiger partial charge >= 0.3 is 0 Å². The number of methoxy groups -OCH3 is 1. The molecule has 3 heteroatoms. The van der Waals surface area contributed by atoms with Crippen molar-refractivity contribution < 1.29 is 4.74 Å². The molecule has 0 atom stereocenters. The summed E-state index contributed by atoms with van der Waals surface area (Å²) < 4.78 is 5.23. The maximum absolute atomic E-state index is 5.23. The summed E-state index contributed by atoms with van der Waals surface area (Å²) in [4.78, 5) is 8.65. The Labute approximate surface area is 101 Å². The monoisotopic (exact) mass is 226 g/mol. The van der Waals surface area contributed by atoms with Gasteiger partial charge in [-0.05, 0) is 30.7 Å². The number of ether oxygens (including phenoxy) is 1. The summed E-state index contributed by atoms with van der Waals surface area (Å²) in [5.41, 5.74) is 2.78. The first-order valence-electron chi connectivity index (χ1n) is 5.40.